The molecule has 2 aliphatic carbocycles. The number of hydrogen-bond donors (Lipinski definition) is 2. The highest BCUT2D eigenvalue weighted by atomic mass is 19.1. The van der Waals surface area contributed by atoms with E-state index in [9.17, 15) is 14.4 Å². The molecule has 35 heavy (non-hydrogen) atoms. The van der Waals surface area contributed by atoms with Crippen LogP contribution in [0, 0.1) is 23.5 Å². The number of anilines is 1. The Bertz CT molecular complexity index is 1290. The fourth-order valence-electron chi connectivity index (χ4n) is 5.23. The molecule has 11 heteroatoms. The summed E-state index contributed by atoms with van der Waals surface area (Å²) >= 11 is 0. The van der Waals surface area contributed by atoms with Crippen LogP contribution in [-0.4, -0.2) is 47.7 Å². The first-order chi connectivity index (χ1) is 16.8. The van der Waals surface area contributed by atoms with Crippen LogP contribution in [0.3, 0.4) is 0 Å². The van der Waals surface area contributed by atoms with Gasteiger partial charge in [0, 0.05) is 37.0 Å². The van der Waals surface area contributed by atoms with E-state index in [0.29, 0.717) is 19.5 Å². The molecule has 1 amide bonds. The van der Waals surface area contributed by atoms with Crippen LogP contribution in [0.5, 0.6) is 5.75 Å². The minimum atomic E-state index is -1.68. The van der Waals surface area contributed by atoms with Crippen molar-refractivity contribution in [1.82, 2.24) is 9.88 Å². The Balaban J connectivity index is 1.54. The summed E-state index contributed by atoms with van der Waals surface area (Å²) in [6.45, 7) is 2.60. The Labute approximate surface area is 198 Å². The number of hydrogen-bond acceptors (Lipinski definition) is 6. The Kier molecular flexibility index (Phi) is 5.86. The Hall–Kier alpha value is -3.63. The highest BCUT2D eigenvalue weighted by molar-refractivity contribution is 5.86. The van der Waals surface area contributed by atoms with E-state index < -0.39 is 35.1 Å². The molecular formula is C24H25F2N3O6. The molecule has 2 N–H and O–H groups in total. The molecule has 0 spiro atoms. The number of rotatable bonds is 5. The lowest BCUT2D eigenvalue weighted by Crippen LogP contribution is -2.44. The normalized spacial score (nSPS) is 23.3. The second-order valence-electron chi connectivity index (χ2n) is 9.11. The first-order valence-corrected chi connectivity index (χ1v) is 11.6. The van der Waals surface area contributed by atoms with E-state index in [0.717, 1.165) is 18.9 Å². The first kappa shape index (κ1) is 23.1. The monoisotopic (exact) mass is 489 g/mol. The predicted octanol–water partition coefficient (Wildman–Crippen LogP) is 3.80. The number of pyridine rings is 1. The summed E-state index contributed by atoms with van der Waals surface area (Å²) in [4.78, 5) is 37.4. The number of alkyl carbamates (subject to hydrolysis) is 1. The highest BCUT2D eigenvalue weighted by Crippen LogP contribution is 2.42. The average Bonchev–Trinajstić information content (AvgIpc) is 3.55. The molecule has 9 nitrogen and oxygen atoms in total. The molecule has 5 rings (SSSR count). The van der Waals surface area contributed by atoms with E-state index in [2.05, 4.69) is 10.1 Å². The van der Waals surface area contributed by atoms with Gasteiger partial charge in [-0.05, 0) is 32.3 Å². The van der Waals surface area contributed by atoms with Gasteiger partial charge < -0.3 is 29.4 Å². The zero-order chi connectivity index (χ0) is 24.9. The molecule has 1 saturated heterocycles. The SMILES string of the molecule is CCOC(=O)NC1CC=CC2CN(c3c(F)cc4c(=O)c(OC(=O)O)cn(C5CC5)c4c3F)CC21. The molecule has 1 aliphatic heterocycles. The third kappa shape index (κ3) is 4.19. The second-order valence-corrected chi connectivity index (χ2v) is 9.11. The summed E-state index contributed by atoms with van der Waals surface area (Å²) in [7, 11) is 0. The van der Waals surface area contributed by atoms with E-state index in [1.807, 2.05) is 12.2 Å². The summed E-state index contributed by atoms with van der Waals surface area (Å²) in [6.07, 6.45) is 4.95. The number of ether oxygens (including phenoxy) is 2. The fourth-order valence-corrected chi connectivity index (χ4v) is 5.23. The molecule has 1 aromatic carbocycles. The molecule has 2 aromatic rings. The lowest BCUT2D eigenvalue weighted by atomic mass is 9.83. The predicted molar refractivity (Wildman–Crippen MR) is 122 cm³/mol. The summed E-state index contributed by atoms with van der Waals surface area (Å²) in [5.74, 6) is -2.38. The molecule has 0 radical (unpaired) electrons. The minimum absolute atomic E-state index is 0.0258. The van der Waals surface area contributed by atoms with Gasteiger partial charge in [0.1, 0.15) is 11.5 Å². The maximum absolute atomic E-state index is 16.0. The molecule has 3 unspecified atom stereocenters. The van der Waals surface area contributed by atoms with Gasteiger partial charge in [0.15, 0.2) is 11.6 Å². The Morgan fingerprint density at radius 1 is 1.26 bits per heavy atom. The summed E-state index contributed by atoms with van der Waals surface area (Å²) in [5, 5.41) is 11.5. The van der Waals surface area contributed by atoms with Crippen LogP contribution in [0.1, 0.15) is 32.2 Å². The van der Waals surface area contributed by atoms with Crippen LogP contribution >= 0.6 is 0 Å². The van der Waals surface area contributed by atoms with Gasteiger partial charge in [0.2, 0.25) is 5.43 Å². The number of halogens is 2. The highest BCUT2D eigenvalue weighted by Gasteiger charge is 2.41. The van der Waals surface area contributed by atoms with E-state index in [4.69, 9.17) is 9.84 Å². The van der Waals surface area contributed by atoms with Crippen molar-refractivity contribution < 1.29 is 33.0 Å². The first-order valence-electron chi connectivity index (χ1n) is 11.6. The van der Waals surface area contributed by atoms with Gasteiger partial charge in [-0.3, -0.25) is 4.79 Å². The summed E-state index contributed by atoms with van der Waals surface area (Å²) in [6, 6.07) is 0.584. The maximum Gasteiger partial charge on any atom is 0.511 e. The smallest absolute Gasteiger partial charge is 0.450 e. The number of carbonyl (C=O) groups is 2. The third-order valence-electron chi connectivity index (χ3n) is 6.89. The number of aromatic nitrogens is 1. The molecule has 186 valence electrons. The number of carbonyl (C=O) groups excluding carboxylic acids is 1. The topological polar surface area (TPSA) is 110 Å². The van der Waals surface area contributed by atoms with Crippen LogP contribution in [0.4, 0.5) is 24.1 Å². The van der Waals surface area contributed by atoms with Crippen molar-refractivity contribution >= 4 is 28.8 Å². The van der Waals surface area contributed by atoms with Crippen LogP contribution in [0.15, 0.2) is 29.2 Å². The number of fused-ring (bicyclic) bond motifs is 2. The van der Waals surface area contributed by atoms with E-state index >= 15 is 8.78 Å². The molecular weight excluding hydrogens is 464 g/mol. The summed E-state index contributed by atoms with van der Waals surface area (Å²) in [5.41, 5.74) is -1.20. The second kappa shape index (κ2) is 8.86. The van der Waals surface area contributed by atoms with Gasteiger partial charge in [-0.25, -0.2) is 18.4 Å². The molecule has 2 heterocycles. The van der Waals surface area contributed by atoms with E-state index in [-0.39, 0.29) is 47.1 Å². The lowest BCUT2D eigenvalue weighted by molar-refractivity contribution is 0.141. The van der Waals surface area contributed by atoms with Crippen molar-refractivity contribution in [3.63, 3.8) is 0 Å². The van der Waals surface area contributed by atoms with E-state index in [1.54, 1.807) is 11.8 Å². The van der Waals surface area contributed by atoms with Crippen LogP contribution in [-0.2, 0) is 4.74 Å². The van der Waals surface area contributed by atoms with Crippen molar-refractivity contribution in [3.05, 3.63) is 46.3 Å². The minimum Gasteiger partial charge on any atom is -0.450 e. The molecule has 0 bridgehead atoms. The van der Waals surface area contributed by atoms with Gasteiger partial charge in [-0.15, -0.1) is 0 Å². The van der Waals surface area contributed by atoms with Crippen LogP contribution in [0.2, 0.25) is 0 Å². The molecule has 1 saturated carbocycles. The average molecular weight is 489 g/mol. The summed E-state index contributed by atoms with van der Waals surface area (Å²) < 4.78 is 42.4. The van der Waals surface area contributed by atoms with Crippen molar-refractivity contribution in [2.75, 3.05) is 24.6 Å². The maximum atomic E-state index is 16.0. The van der Waals surface area contributed by atoms with Crippen molar-refractivity contribution in [2.24, 2.45) is 11.8 Å². The molecule has 2 fully saturated rings. The van der Waals surface area contributed by atoms with Crippen molar-refractivity contribution in [2.45, 2.75) is 38.3 Å². The van der Waals surface area contributed by atoms with E-state index in [1.165, 1.54) is 10.8 Å². The number of amides is 1. The van der Waals surface area contributed by atoms with Crippen molar-refractivity contribution in [1.29, 1.82) is 0 Å². The van der Waals surface area contributed by atoms with Gasteiger partial charge in [0.25, 0.3) is 0 Å². The molecule has 1 aromatic heterocycles. The fraction of sp³-hybridized carbons (Fsp3) is 0.458. The third-order valence-corrected chi connectivity index (χ3v) is 6.89. The van der Waals surface area contributed by atoms with Gasteiger partial charge in [-0.1, -0.05) is 12.2 Å². The zero-order valence-corrected chi connectivity index (χ0v) is 19.0. The Morgan fingerprint density at radius 3 is 2.71 bits per heavy atom. The number of benzene rings is 1. The number of carboxylic acid groups (broad SMARTS) is 1. The van der Waals surface area contributed by atoms with Gasteiger partial charge in [-0.2, -0.15) is 0 Å². The van der Waals surface area contributed by atoms with Gasteiger partial charge >= 0.3 is 12.2 Å². The molecule has 3 aliphatic rings. The largest absolute Gasteiger partial charge is 0.511 e. The zero-order valence-electron chi connectivity index (χ0n) is 19.0. The number of nitrogens with one attached hydrogen (secondary N) is 1. The quantitative estimate of drug-likeness (QED) is 0.486. The molecule has 3 atom stereocenters. The Morgan fingerprint density at radius 2 is 2.03 bits per heavy atom. The number of nitrogens with zero attached hydrogens (tertiary/aromatic N) is 2. The van der Waals surface area contributed by atoms with Crippen molar-refractivity contribution in [3.8, 4) is 5.75 Å². The lowest BCUT2D eigenvalue weighted by Gasteiger charge is -2.29. The van der Waals surface area contributed by atoms with Gasteiger partial charge in [0.05, 0.1) is 23.7 Å². The van der Waals surface area contributed by atoms with Crippen LogP contribution < -0.4 is 20.4 Å². The standard InChI is InChI=1S/C24H25F2N3O6/c1-2-34-23(31)27-17-5-3-4-12-9-28(10-15(12)17)21-16(25)8-14-20(19(21)26)29(13-6-7-13)11-18(22(14)30)35-24(32)33/h3-4,8,11-13,15,17H,2,5-7,9-10H2,1H3,(H,27,31)(H,32,33). The van der Waals surface area contributed by atoms with Crippen LogP contribution in [0.25, 0.3) is 10.9 Å².